The van der Waals surface area contributed by atoms with E-state index < -0.39 is 5.97 Å². The molecule has 0 unspecified atom stereocenters. The largest absolute Gasteiger partial charge is 0.456 e. The highest BCUT2D eigenvalue weighted by atomic mass is 16.5. The van der Waals surface area contributed by atoms with Gasteiger partial charge in [-0.1, -0.05) is 18.2 Å². The lowest BCUT2D eigenvalue weighted by Crippen LogP contribution is -2.53. The summed E-state index contributed by atoms with van der Waals surface area (Å²) in [7, 11) is 0. The van der Waals surface area contributed by atoms with E-state index in [-0.39, 0.29) is 36.8 Å². The third-order valence-corrected chi connectivity index (χ3v) is 6.56. The van der Waals surface area contributed by atoms with Crippen molar-refractivity contribution in [1.82, 2.24) is 5.32 Å². The summed E-state index contributed by atoms with van der Waals surface area (Å²) in [6.07, 6.45) is 6.99. The van der Waals surface area contributed by atoms with Gasteiger partial charge in [0.15, 0.2) is 6.61 Å². The van der Waals surface area contributed by atoms with Gasteiger partial charge in [-0.15, -0.1) is 0 Å². The first-order valence-electron chi connectivity index (χ1n) is 10.3. The molecule has 1 aromatic rings. The zero-order valence-corrected chi connectivity index (χ0v) is 16.1. The van der Waals surface area contributed by atoms with Gasteiger partial charge in [-0.3, -0.25) is 14.4 Å². The highest BCUT2D eigenvalue weighted by Gasteiger charge is 2.54. The third kappa shape index (κ3) is 4.21. The maximum absolute atomic E-state index is 12.8. The minimum Gasteiger partial charge on any atom is -0.456 e. The van der Waals surface area contributed by atoms with E-state index in [9.17, 15) is 14.4 Å². The molecule has 5 rings (SSSR count). The van der Waals surface area contributed by atoms with E-state index in [0.717, 1.165) is 19.3 Å². The van der Waals surface area contributed by atoms with E-state index in [1.807, 2.05) is 18.2 Å². The van der Waals surface area contributed by atoms with Gasteiger partial charge in [-0.25, -0.2) is 0 Å². The average molecular weight is 384 g/mol. The fourth-order valence-electron chi connectivity index (χ4n) is 5.79. The zero-order chi connectivity index (χ0) is 19.6. The van der Waals surface area contributed by atoms with Crippen LogP contribution in [0.1, 0.15) is 44.9 Å². The lowest BCUT2D eigenvalue weighted by Gasteiger charge is -2.55. The molecule has 4 aliphatic carbocycles. The Kier molecular flexibility index (Phi) is 5.38. The molecule has 0 saturated heterocycles. The van der Waals surface area contributed by atoms with E-state index in [4.69, 9.17) is 4.74 Å². The normalized spacial score (nSPS) is 29.9. The van der Waals surface area contributed by atoms with Crippen LogP contribution in [0, 0.1) is 23.2 Å². The van der Waals surface area contributed by atoms with Crippen molar-refractivity contribution < 1.29 is 19.1 Å². The Hall–Kier alpha value is -2.37. The first-order chi connectivity index (χ1) is 13.5. The molecule has 28 heavy (non-hydrogen) atoms. The van der Waals surface area contributed by atoms with Gasteiger partial charge in [0.05, 0.1) is 6.42 Å². The van der Waals surface area contributed by atoms with Crippen molar-refractivity contribution in [1.29, 1.82) is 0 Å². The second-order valence-corrected chi connectivity index (χ2v) is 8.78. The number of ether oxygens (including phenoxy) is 1. The number of nitrogens with one attached hydrogen (secondary N) is 2. The van der Waals surface area contributed by atoms with Crippen LogP contribution in [0.3, 0.4) is 0 Å². The Morgan fingerprint density at radius 1 is 0.964 bits per heavy atom. The van der Waals surface area contributed by atoms with Crippen LogP contribution in [-0.2, 0) is 19.1 Å². The number of para-hydroxylation sites is 1. The smallest absolute Gasteiger partial charge is 0.308 e. The number of carbonyl (C=O) groups is 3. The van der Waals surface area contributed by atoms with Gasteiger partial charge in [0, 0.05) is 17.6 Å². The molecule has 4 saturated carbocycles. The van der Waals surface area contributed by atoms with E-state index in [2.05, 4.69) is 10.6 Å². The minimum absolute atomic E-state index is 0.0801. The predicted octanol–water partition coefficient (Wildman–Crippen LogP) is 2.89. The van der Waals surface area contributed by atoms with Gasteiger partial charge in [0.25, 0.3) is 5.91 Å². The maximum Gasteiger partial charge on any atom is 0.308 e. The number of hydrogen-bond acceptors (Lipinski definition) is 4. The fourth-order valence-corrected chi connectivity index (χ4v) is 5.79. The average Bonchev–Trinajstić information content (AvgIpc) is 2.66. The lowest BCUT2D eigenvalue weighted by atomic mass is 9.49. The van der Waals surface area contributed by atoms with Crippen molar-refractivity contribution in [3.8, 4) is 0 Å². The Morgan fingerprint density at radius 2 is 1.57 bits per heavy atom. The molecule has 0 aliphatic heterocycles. The van der Waals surface area contributed by atoms with Crippen LogP contribution < -0.4 is 10.6 Å². The Balaban J connectivity index is 1.16. The number of carbonyl (C=O) groups excluding carboxylic acids is 3. The highest BCUT2D eigenvalue weighted by Crippen LogP contribution is 2.60. The monoisotopic (exact) mass is 384 g/mol. The fraction of sp³-hybridized carbons (Fsp3) is 0.591. The number of esters is 1. The number of benzene rings is 1. The third-order valence-electron chi connectivity index (χ3n) is 6.56. The van der Waals surface area contributed by atoms with Gasteiger partial charge in [-0.2, -0.15) is 0 Å². The van der Waals surface area contributed by atoms with Gasteiger partial charge in [0.1, 0.15) is 0 Å². The molecule has 4 fully saturated rings. The van der Waals surface area contributed by atoms with E-state index in [1.165, 1.54) is 19.3 Å². The van der Waals surface area contributed by atoms with Crippen LogP contribution in [0.5, 0.6) is 0 Å². The summed E-state index contributed by atoms with van der Waals surface area (Å²) in [4.78, 5) is 36.5. The van der Waals surface area contributed by atoms with Crippen molar-refractivity contribution in [2.75, 3.05) is 18.5 Å². The van der Waals surface area contributed by atoms with Crippen LogP contribution in [0.15, 0.2) is 30.3 Å². The molecule has 2 N–H and O–H groups in total. The number of hydrogen-bond donors (Lipinski definition) is 2. The summed E-state index contributed by atoms with van der Waals surface area (Å²) in [5.74, 6) is 1.40. The highest BCUT2D eigenvalue weighted by molar-refractivity contribution is 5.92. The van der Waals surface area contributed by atoms with Crippen LogP contribution in [0.4, 0.5) is 5.69 Å². The number of amides is 2. The second-order valence-electron chi connectivity index (χ2n) is 8.78. The molecular weight excluding hydrogens is 356 g/mol. The molecule has 0 atom stereocenters. The quantitative estimate of drug-likeness (QED) is 0.708. The summed E-state index contributed by atoms with van der Waals surface area (Å²) in [6.45, 7) is -0.0592. The molecule has 4 aliphatic rings. The molecule has 0 radical (unpaired) electrons. The molecule has 0 aromatic heterocycles. The predicted molar refractivity (Wildman–Crippen MR) is 104 cm³/mol. The molecule has 6 heteroatoms. The zero-order valence-electron chi connectivity index (χ0n) is 16.1. The van der Waals surface area contributed by atoms with Crippen LogP contribution in [-0.4, -0.2) is 30.9 Å². The topological polar surface area (TPSA) is 84.5 Å². The summed E-state index contributed by atoms with van der Waals surface area (Å²) in [5, 5.41) is 5.62. The van der Waals surface area contributed by atoms with Crippen LogP contribution >= 0.6 is 0 Å². The second kappa shape index (κ2) is 7.94. The van der Waals surface area contributed by atoms with Gasteiger partial charge in [-0.05, 0) is 68.4 Å². The Labute approximate surface area is 165 Å². The molecule has 0 heterocycles. The molecule has 4 bridgehead atoms. The first kappa shape index (κ1) is 19.0. The molecule has 0 spiro atoms. The number of rotatable bonds is 7. The molecule has 150 valence electrons. The summed E-state index contributed by atoms with van der Waals surface area (Å²) in [5.41, 5.74) is 0.459. The standard InChI is InChI=1S/C22H28N2O4/c25-19(24-18-4-2-1-3-5-18)14-28-20(26)6-7-23-21(27)22-11-15-8-16(12-22)10-17(9-15)13-22/h1-5,15-17H,6-14H2,(H,23,27)(H,24,25). The summed E-state index contributed by atoms with van der Waals surface area (Å²) < 4.78 is 5.00. The Bertz CT molecular complexity index is 711. The summed E-state index contributed by atoms with van der Waals surface area (Å²) in [6, 6.07) is 9.01. The van der Waals surface area contributed by atoms with E-state index in [0.29, 0.717) is 23.4 Å². The molecular formula is C22H28N2O4. The molecule has 2 amide bonds. The van der Waals surface area contributed by atoms with Gasteiger partial charge < -0.3 is 15.4 Å². The lowest BCUT2D eigenvalue weighted by molar-refractivity contribution is -0.148. The summed E-state index contributed by atoms with van der Waals surface area (Å²) >= 11 is 0. The number of anilines is 1. The van der Waals surface area contributed by atoms with Crippen LogP contribution in [0.25, 0.3) is 0 Å². The molecule has 6 nitrogen and oxygen atoms in total. The van der Waals surface area contributed by atoms with Gasteiger partial charge in [0.2, 0.25) is 5.91 Å². The van der Waals surface area contributed by atoms with Crippen LogP contribution in [0.2, 0.25) is 0 Å². The van der Waals surface area contributed by atoms with E-state index in [1.54, 1.807) is 12.1 Å². The Morgan fingerprint density at radius 3 is 2.18 bits per heavy atom. The molecule has 1 aromatic carbocycles. The maximum atomic E-state index is 12.8. The first-order valence-corrected chi connectivity index (χ1v) is 10.3. The SMILES string of the molecule is O=C(COC(=O)CCNC(=O)C12CC3CC(CC(C3)C1)C2)Nc1ccccc1. The van der Waals surface area contributed by atoms with Crippen molar-refractivity contribution in [2.24, 2.45) is 23.2 Å². The minimum atomic E-state index is -0.478. The van der Waals surface area contributed by atoms with Crippen molar-refractivity contribution in [2.45, 2.75) is 44.9 Å². The van der Waals surface area contributed by atoms with E-state index >= 15 is 0 Å². The van der Waals surface area contributed by atoms with Gasteiger partial charge >= 0.3 is 5.97 Å². The van der Waals surface area contributed by atoms with Crippen molar-refractivity contribution in [3.63, 3.8) is 0 Å². The van der Waals surface area contributed by atoms with Crippen molar-refractivity contribution in [3.05, 3.63) is 30.3 Å². The van der Waals surface area contributed by atoms with Crippen molar-refractivity contribution >= 4 is 23.5 Å².